The van der Waals surface area contributed by atoms with Gasteiger partial charge in [0.15, 0.2) is 5.00 Å². The van der Waals surface area contributed by atoms with Crippen molar-refractivity contribution in [2.75, 3.05) is 25.0 Å². The molecule has 120 valence electrons. The van der Waals surface area contributed by atoms with Crippen molar-refractivity contribution >= 4 is 32.0 Å². The van der Waals surface area contributed by atoms with Crippen molar-refractivity contribution < 1.29 is 13.3 Å². The number of nitrogens with zero attached hydrogens (tertiary/aromatic N) is 2. The van der Waals surface area contributed by atoms with Gasteiger partial charge in [-0.3, -0.25) is 10.1 Å². The van der Waals surface area contributed by atoms with E-state index in [4.69, 9.17) is 0 Å². The maximum atomic E-state index is 12.6. The van der Waals surface area contributed by atoms with E-state index < -0.39 is 14.9 Å². The lowest BCUT2D eigenvalue weighted by molar-refractivity contribution is -0.383. The van der Waals surface area contributed by atoms with E-state index in [1.54, 1.807) is 13.8 Å². The zero-order valence-corrected chi connectivity index (χ0v) is 14.3. The van der Waals surface area contributed by atoms with E-state index in [9.17, 15) is 18.5 Å². The standard InChI is InChI=1S/C12H21N3O4S2/c1-5-13-12-10(15(16)17)7-11(20-12)21(18,19)14(6-2)8-9(3)4/h7,9,13H,5-6,8H2,1-4H3. The predicted molar refractivity (Wildman–Crippen MR) is 84.4 cm³/mol. The van der Waals surface area contributed by atoms with Gasteiger partial charge < -0.3 is 5.32 Å². The van der Waals surface area contributed by atoms with Crippen molar-refractivity contribution in [1.29, 1.82) is 0 Å². The lowest BCUT2D eigenvalue weighted by Gasteiger charge is -2.21. The molecule has 1 aromatic rings. The van der Waals surface area contributed by atoms with E-state index in [0.717, 1.165) is 17.4 Å². The van der Waals surface area contributed by atoms with Crippen molar-refractivity contribution in [3.8, 4) is 0 Å². The monoisotopic (exact) mass is 335 g/mol. The Kier molecular flexibility index (Phi) is 6.11. The number of rotatable bonds is 8. The number of nitro groups is 1. The van der Waals surface area contributed by atoms with Crippen LogP contribution >= 0.6 is 11.3 Å². The summed E-state index contributed by atoms with van der Waals surface area (Å²) in [7, 11) is -3.69. The van der Waals surface area contributed by atoms with Crippen LogP contribution in [0.3, 0.4) is 0 Å². The molecule has 0 saturated carbocycles. The van der Waals surface area contributed by atoms with Crippen LogP contribution in [0.25, 0.3) is 0 Å². The Labute approximate surface area is 129 Å². The molecular weight excluding hydrogens is 314 g/mol. The Morgan fingerprint density at radius 1 is 1.43 bits per heavy atom. The lowest BCUT2D eigenvalue weighted by atomic mass is 10.2. The number of sulfonamides is 1. The van der Waals surface area contributed by atoms with Gasteiger partial charge >= 0.3 is 5.69 Å². The van der Waals surface area contributed by atoms with E-state index in [1.807, 2.05) is 13.8 Å². The van der Waals surface area contributed by atoms with Gasteiger partial charge in [0.2, 0.25) is 0 Å². The van der Waals surface area contributed by atoms with E-state index in [-0.39, 0.29) is 20.8 Å². The summed E-state index contributed by atoms with van der Waals surface area (Å²) < 4.78 is 26.5. The van der Waals surface area contributed by atoms with Crippen LogP contribution in [0.2, 0.25) is 0 Å². The van der Waals surface area contributed by atoms with Crippen molar-refractivity contribution in [3.63, 3.8) is 0 Å². The molecule has 0 unspecified atom stereocenters. The summed E-state index contributed by atoms with van der Waals surface area (Å²) in [5.74, 6) is 0.183. The minimum atomic E-state index is -3.69. The second-order valence-electron chi connectivity index (χ2n) is 4.92. The molecule has 1 aromatic heterocycles. The first kappa shape index (κ1) is 17.9. The van der Waals surface area contributed by atoms with Gasteiger partial charge in [0.05, 0.1) is 4.92 Å². The molecule has 0 radical (unpaired) electrons. The van der Waals surface area contributed by atoms with Crippen LogP contribution in [0.5, 0.6) is 0 Å². The molecule has 0 aliphatic rings. The summed E-state index contributed by atoms with van der Waals surface area (Å²) in [6.07, 6.45) is 0. The molecule has 0 amide bonds. The molecule has 0 spiro atoms. The largest absolute Gasteiger partial charge is 0.372 e. The van der Waals surface area contributed by atoms with Gasteiger partial charge in [0.1, 0.15) is 4.21 Å². The van der Waals surface area contributed by atoms with Crippen LogP contribution in [-0.2, 0) is 10.0 Å². The highest BCUT2D eigenvalue weighted by Gasteiger charge is 2.30. The molecule has 21 heavy (non-hydrogen) atoms. The third-order valence-electron chi connectivity index (χ3n) is 2.74. The fourth-order valence-corrected chi connectivity index (χ4v) is 5.00. The fraction of sp³-hybridized carbons (Fsp3) is 0.667. The van der Waals surface area contributed by atoms with Crippen LogP contribution < -0.4 is 5.32 Å². The van der Waals surface area contributed by atoms with E-state index in [0.29, 0.717) is 19.6 Å². The molecule has 0 atom stereocenters. The van der Waals surface area contributed by atoms with Crippen molar-refractivity contribution in [1.82, 2.24) is 4.31 Å². The third-order valence-corrected chi connectivity index (χ3v) is 6.21. The second kappa shape index (κ2) is 7.19. The molecule has 1 heterocycles. The Balaban J connectivity index is 3.24. The minimum absolute atomic E-state index is 0.00708. The van der Waals surface area contributed by atoms with Crippen molar-refractivity contribution in [2.45, 2.75) is 31.9 Å². The van der Waals surface area contributed by atoms with Gasteiger partial charge in [-0.25, -0.2) is 8.42 Å². The lowest BCUT2D eigenvalue weighted by Crippen LogP contribution is -2.33. The number of thiophene rings is 1. The maximum absolute atomic E-state index is 12.6. The van der Waals surface area contributed by atoms with E-state index in [1.165, 1.54) is 4.31 Å². The highest BCUT2D eigenvalue weighted by atomic mass is 32.2. The maximum Gasteiger partial charge on any atom is 0.304 e. The first-order valence-corrected chi connectivity index (χ1v) is 9.01. The summed E-state index contributed by atoms with van der Waals surface area (Å²) in [6.45, 7) is 8.63. The predicted octanol–water partition coefficient (Wildman–Crippen LogP) is 2.75. The van der Waals surface area contributed by atoms with Gasteiger partial charge in [0.25, 0.3) is 10.0 Å². The SMILES string of the molecule is CCNc1sc(S(=O)(=O)N(CC)CC(C)C)cc1[N+](=O)[O-]. The van der Waals surface area contributed by atoms with Gasteiger partial charge in [-0.1, -0.05) is 32.1 Å². The Morgan fingerprint density at radius 2 is 2.05 bits per heavy atom. The molecular formula is C12H21N3O4S2. The van der Waals surface area contributed by atoms with Crippen LogP contribution in [0, 0.1) is 16.0 Å². The van der Waals surface area contributed by atoms with Crippen LogP contribution in [0.15, 0.2) is 10.3 Å². The number of hydrogen-bond donors (Lipinski definition) is 1. The molecule has 0 saturated heterocycles. The van der Waals surface area contributed by atoms with Gasteiger partial charge in [-0.15, -0.1) is 0 Å². The highest BCUT2D eigenvalue weighted by Crippen LogP contribution is 2.38. The first-order valence-electron chi connectivity index (χ1n) is 6.76. The summed E-state index contributed by atoms with van der Waals surface area (Å²) in [5.41, 5.74) is -0.193. The molecule has 9 heteroatoms. The second-order valence-corrected chi connectivity index (χ2v) is 8.13. The topological polar surface area (TPSA) is 92.6 Å². The molecule has 0 aliphatic heterocycles. The van der Waals surface area contributed by atoms with Crippen LogP contribution in [0.4, 0.5) is 10.7 Å². The normalized spacial score (nSPS) is 12.1. The minimum Gasteiger partial charge on any atom is -0.372 e. The van der Waals surface area contributed by atoms with Crippen LogP contribution in [-0.4, -0.2) is 37.3 Å². The highest BCUT2D eigenvalue weighted by molar-refractivity contribution is 7.91. The fourth-order valence-electron chi connectivity index (χ4n) is 1.84. The number of hydrogen-bond acceptors (Lipinski definition) is 6. The molecule has 0 aliphatic carbocycles. The zero-order valence-electron chi connectivity index (χ0n) is 12.6. The molecule has 1 rings (SSSR count). The molecule has 0 aromatic carbocycles. The van der Waals surface area contributed by atoms with Gasteiger partial charge in [-0.05, 0) is 12.8 Å². The first-order chi connectivity index (χ1) is 9.73. The smallest absolute Gasteiger partial charge is 0.304 e. The van der Waals surface area contributed by atoms with E-state index >= 15 is 0 Å². The molecule has 7 nitrogen and oxygen atoms in total. The average molecular weight is 335 g/mol. The third kappa shape index (κ3) is 4.14. The molecule has 1 N–H and O–H groups in total. The van der Waals surface area contributed by atoms with Crippen molar-refractivity contribution in [3.05, 3.63) is 16.2 Å². The number of nitrogens with one attached hydrogen (secondary N) is 1. The summed E-state index contributed by atoms with van der Waals surface area (Å²) in [6, 6.07) is 1.14. The van der Waals surface area contributed by atoms with Gasteiger partial charge in [-0.2, -0.15) is 4.31 Å². The van der Waals surface area contributed by atoms with Gasteiger partial charge in [0, 0.05) is 25.7 Å². The Morgan fingerprint density at radius 3 is 2.48 bits per heavy atom. The quantitative estimate of drug-likeness (QED) is 0.582. The summed E-state index contributed by atoms with van der Waals surface area (Å²) in [4.78, 5) is 10.5. The number of anilines is 1. The molecule has 0 fully saturated rings. The average Bonchev–Trinajstić information content (AvgIpc) is 2.80. The Bertz CT molecular complexity index is 596. The zero-order chi connectivity index (χ0) is 16.2. The molecule has 0 bridgehead atoms. The summed E-state index contributed by atoms with van der Waals surface area (Å²) in [5, 5.41) is 14.1. The van der Waals surface area contributed by atoms with Crippen LogP contribution in [0.1, 0.15) is 27.7 Å². The Hall–Kier alpha value is -1.19. The summed E-state index contributed by atoms with van der Waals surface area (Å²) >= 11 is 0.908. The van der Waals surface area contributed by atoms with Crippen molar-refractivity contribution in [2.24, 2.45) is 5.92 Å². The van der Waals surface area contributed by atoms with E-state index in [2.05, 4.69) is 5.32 Å².